The van der Waals surface area contributed by atoms with Gasteiger partial charge in [0, 0.05) is 19.3 Å². The van der Waals surface area contributed by atoms with Gasteiger partial charge in [0.1, 0.15) is 5.82 Å². The Morgan fingerprint density at radius 3 is 2.94 bits per heavy atom. The lowest BCUT2D eigenvalue weighted by Crippen LogP contribution is -2.27. The first-order chi connectivity index (χ1) is 8.31. The number of rotatable bonds is 5. The highest BCUT2D eigenvalue weighted by Crippen LogP contribution is 2.24. The van der Waals surface area contributed by atoms with Gasteiger partial charge in [0.15, 0.2) is 0 Å². The van der Waals surface area contributed by atoms with Crippen LogP contribution in [0, 0.1) is 0 Å². The van der Waals surface area contributed by atoms with Crippen LogP contribution in [0.2, 0.25) is 5.02 Å². The Labute approximate surface area is 109 Å². The van der Waals surface area contributed by atoms with Crippen LogP contribution in [0.4, 0.5) is 5.82 Å². The fourth-order valence-electron chi connectivity index (χ4n) is 1.59. The first-order valence-corrected chi connectivity index (χ1v) is 6.60. The molecule has 3 nitrogen and oxygen atoms in total. The molecule has 0 aliphatic heterocycles. The average molecular weight is 269 g/mol. The largest absolute Gasteiger partial charge is 0.395 e. The Bertz CT molecular complexity index is 461. The molecule has 0 saturated carbocycles. The van der Waals surface area contributed by atoms with E-state index in [1.807, 2.05) is 16.3 Å². The second-order valence-electron chi connectivity index (χ2n) is 3.59. The summed E-state index contributed by atoms with van der Waals surface area (Å²) >= 11 is 7.77. The fraction of sp³-hybridized carbons (Fsp3) is 0.250. The fourth-order valence-corrected chi connectivity index (χ4v) is 2.49. The van der Waals surface area contributed by atoms with Crippen molar-refractivity contribution in [1.29, 1.82) is 0 Å². The maximum atomic E-state index is 9.11. The van der Waals surface area contributed by atoms with Crippen molar-refractivity contribution in [3.8, 4) is 0 Å². The van der Waals surface area contributed by atoms with Gasteiger partial charge in [0.25, 0.3) is 0 Å². The molecule has 1 N–H and O–H groups in total. The summed E-state index contributed by atoms with van der Waals surface area (Å²) < 4.78 is 0. The Balaban J connectivity index is 2.20. The van der Waals surface area contributed by atoms with Gasteiger partial charge in [0.2, 0.25) is 0 Å². The van der Waals surface area contributed by atoms with Crippen molar-refractivity contribution >= 4 is 28.8 Å². The summed E-state index contributed by atoms with van der Waals surface area (Å²) in [6, 6.07) is 5.67. The highest BCUT2D eigenvalue weighted by atomic mass is 35.5. The lowest BCUT2D eigenvalue weighted by atomic mass is 10.3. The zero-order chi connectivity index (χ0) is 12.1. The highest BCUT2D eigenvalue weighted by molar-refractivity contribution is 7.07. The van der Waals surface area contributed by atoms with E-state index in [1.54, 1.807) is 23.6 Å². The topological polar surface area (TPSA) is 36.4 Å². The molecule has 17 heavy (non-hydrogen) atoms. The Morgan fingerprint density at radius 2 is 2.29 bits per heavy atom. The lowest BCUT2D eigenvalue weighted by molar-refractivity contribution is 0.301. The molecule has 0 aromatic carbocycles. The third kappa shape index (κ3) is 3.19. The monoisotopic (exact) mass is 268 g/mol. The van der Waals surface area contributed by atoms with Gasteiger partial charge in [-0.1, -0.05) is 11.6 Å². The van der Waals surface area contributed by atoms with Crippen LogP contribution in [0.3, 0.4) is 0 Å². The predicted molar refractivity (Wildman–Crippen MR) is 71.7 cm³/mol. The van der Waals surface area contributed by atoms with Crippen molar-refractivity contribution in [2.45, 2.75) is 6.54 Å². The lowest BCUT2D eigenvalue weighted by Gasteiger charge is -2.23. The number of nitrogens with zero attached hydrogens (tertiary/aromatic N) is 2. The maximum Gasteiger partial charge on any atom is 0.147 e. The summed E-state index contributed by atoms with van der Waals surface area (Å²) in [6.45, 7) is 1.31. The van der Waals surface area contributed by atoms with Crippen molar-refractivity contribution in [3.05, 3.63) is 45.7 Å². The Hall–Kier alpha value is -1.10. The van der Waals surface area contributed by atoms with Crippen molar-refractivity contribution < 1.29 is 5.11 Å². The van der Waals surface area contributed by atoms with Crippen LogP contribution in [0.5, 0.6) is 0 Å². The third-order valence-corrected chi connectivity index (χ3v) is 3.39. The molecule has 0 amide bonds. The normalized spacial score (nSPS) is 10.5. The summed E-state index contributed by atoms with van der Waals surface area (Å²) in [7, 11) is 0. The summed E-state index contributed by atoms with van der Waals surface area (Å²) in [6.07, 6.45) is 1.71. The Morgan fingerprint density at radius 1 is 1.41 bits per heavy atom. The van der Waals surface area contributed by atoms with Gasteiger partial charge in [-0.15, -0.1) is 0 Å². The van der Waals surface area contributed by atoms with Crippen LogP contribution in [0.15, 0.2) is 35.2 Å². The number of halogens is 1. The van der Waals surface area contributed by atoms with Crippen molar-refractivity contribution in [3.63, 3.8) is 0 Å². The van der Waals surface area contributed by atoms with E-state index < -0.39 is 0 Å². The summed E-state index contributed by atoms with van der Waals surface area (Å²) in [5.74, 6) is 0.717. The average Bonchev–Trinajstić information content (AvgIpc) is 2.82. The number of hydrogen-bond acceptors (Lipinski definition) is 4. The van der Waals surface area contributed by atoms with Gasteiger partial charge in [-0.2, -0.15) is 11.3 Å². The molecule has 0 radical (unpaired) electrons. The molecule has 2 aromatic heterocycles. The van der Waals surface area contributed by atoms with Crippen LogP contribution < -0.4 is 4.90 Å². The molecule has 5 heteroatoms. The second-order valence-corrected chi connectivity index (χ2v) is 4.77. The predicted octanol–water partition coefficient (Wildman–Crippen LogP) is 2.80. The molecule has 2 rings (SSSR count). The quantitative estimate of drug-likeness (QED) is 0.906. The van der Waals surface area contributed by atoms with Crippen molar-refractivity contribution in [1.82, 2.24) is 4.98 Å². The second kappa shape index (κ2) is 6.00. The number of anilines is 1. The molecular formula is C12H13ClN2OS. The number of aromatic nitrogens is 1. The van der Waals surface area contributed by atoms with Crippen LogP contribution in [0.25, 0.3) is 0 Å². The Kier molecular flexibility index (Phi) is 4.36. The van der Waals surface area contributed by atoms with Gasteiger partial charge in [0.05, 0.1) is 11.6 Å². The van der Waals surface area contributed by atoms with Crippen molar-refractivity contribution in [2.24, 2.45) is 0 Å². The van der Waals surface area contributed by atoms with Gasteiger partial charge >= 0.3 is 0 Å². The molecule has 0 atom stereocenters. The first kappa shape index (κ1) is 12.4. The van der Waals surface area contributed by atoms with E-state index in [1.165, 1.54) is 5.56 Å². The van der Waals surface area contributed by atoms with Crippen LogP contribution in [0.1, 0.15) is 5.56 Å². The number of hydrogen-bond donors (Lipinski definition) is 1. The van der Waals surface area contributed by atoms with Gasteiger partial charge in [-0.05, 0) is 34.5 Å². The number of aliphatic hydroxyl groups excluding tert-OH is 1. The van der Waals surface area contributed by atoms with E-state index in [2.05, 4.69) is 16.4 Å². The van der Waals surface area contributed by atoms with Crippen molar-refractivity contribution in [2.75, 3.05) is 18.1 Å². The minimum absolute atomic E-state index is 0.0804. The molecule has 0 spiro atoms. The highest BCUT2D eigenvalue weighted by Gasteiger charge is 2.11. The molecule has 0 bridgehead atoms. The van der Waals surface area contributed by atoms with E-state index in [-0.39, 0.29) is 6.61 Å². The van der Waals surface area contributed by atoms with Gasteiger partial charge < -0.3 is 10.0 Å². The van der Waals surface area contributed by atoms with E-state index >= 15 is 0 Å². The van der Waals surface area contributed by atoms with Gasteiger partial charge in [-0.3, -0.25) is 0 Å². The minimum atomic E-state index is 0.0804. The molecule has 0 aliphatic rings. The minimum Gasteiger partial charge on any atom is -0.395 e. The van der Waals surface area contributed by atoms with Crippen LogP contribution >= 0.6 is 22.9 Å². The summed E-state index contributed by atoms with van der Waals surface area (Å²) in [5, 5.41) is 13.8. The zero-order valence-corrected chi connectivity index (χ0v) is 10.8. The van der Waals surface area contributed by atoms with Crippen LogP contribution in [-0.2, 0) is 6.54 Å². The number of pyridine rings is 1. The number of thiophene rings is 1. The first-order valence-electron chi connectivity index (χ1n) is 5.28. The SMILES string of the molecule is OCCN(Cc1ccsc1)c1ncccc1Cl. The maximum absolute atomic E-state index is 9.11. The zero-order valence-electron chi connectivity index (χ0n) is 9.21. The molecule has 90 valence electrons. The smallest absolute Gasteiger partial charge is 0.147 e. The molecule has 0 aliphatic carbocycles. The third-order valence-electron chi connectivity index (χ3n) is 2.36. The standard InChI is InChI=1S/C12H13ClN2OS/c13-11-2-1-4-14-12(11)15(5-6-16)8-10-3-7-17-9-10/h1-4,7,9,16H,5-6,8H2. The molecule has 2 heterocycles. The summed E-state index contributed by atoms with van der Waals surface area (Å²) in [5.41, 5.74) is 1.20. The van der Waals surface area contributed by atoms with E-state index in [0.29, 0.717) is 18.1 Å². The molecule has 0 fully saturated rings. The molecule has 2 aromatic rings. The number of aliphatic hydroxyl groups is 1. The van der Waals surface area contributed by atoms with E-state index in [9.17, 15) is 0 Å². The summed E-state index contributed by atoms with van der Waals surface area (Å²) in [4.78, 5) is 6.24. The van der Waals surface area contributed by atoms with E-state index in [0.717, 1.165) is 5.82 Å². The molecule has 0 saturated heterocycles. The molecular weight excluding hydrogens is 256 g/mol. The van der Waals surface area contributed by atoms with Gasteiger partial charge in [-0.25, -0.2) is 4.98 Å². The molecule has 0 unspecified atom stereocenters. The van der Waals surface area contributed by atoms with Crippen LogP contribution in [-0.4, -0.2) is 23.2 Å². The van der Waals surface area contributed by atoms with E-state index in [4.69, 9.17) is 16.7 Å².